The van der Waals surface area contributed by atoms with Crippen LogP contribution in [-0.2, 0) is 9.53 Å². The summed E-state index contributed by atoms with van der Waals surface area (Å²) in [6.07, 6.45) is 7.52. The molecule has 1 saturated carbocycles. The molecule has 0 heterocycles. The van der Waals surface area contributed by atoms with Crippen molar-refractivity contribution in [1.82, 2.24) is 0 Å². The van der Waals surface area contributed by atoms with Gasteiger partial charge in [-0.25, -0.2) is 0 Å². The van der Waals surface area contributed by atoms with Gasteiger partial charge in [-0.3, -0.25) is 0 Å². The first-order chi connectivity index (χ1) is 6.29. The molecule has 1 aliphatic carbocycles. The summed E-state index contributed by atoms with van der Waals surface area (Å²) in [4.78, 5) is 10.5. The van der Waals surface area contributed by atoms with Gasteiger partial charge in [0.1, 0.15) is 6.29 Å². The van der Waals surface area contributed by atoms with Crippen molar-refractivity contribution < 1.29 is 9.53 Å². The number of rotatable bonds is 4. The molecule has 1 rings (SSSR count). The fourth-order valence-electron chi connectivity index (χ4n) is 2.61. The molecule has 13 heavy (non-hydrogen) atoms. The first-order valence-electron chi connectivity index (χ1n) is 5.28. The highest BCUT2D eigenvalue weighted by molar-refractivity contribution is 5.50. The highest BCUT2D eigenvalue weighted by atomic mass is 16.5. The summed E-state index contributed by atoms with van der Waals surface area (Å²) in [5.74, 6) is 0.453. The number of hydrogen-bond acceptors (Lipinski definition) is 2. The normalized spacial score (nSPS) is 34.5. The van der Waals surface area contributed by atoms with E-state index >= 15 is 0 Å². The van der Waals surface area contributed by atoms with Gasteiger partial charge in [-0.2, -0.15) is 0 Å². The number of hydrogen-bond donors (Lipinski definition) is 0. The van der Waals surface area contributed by atoms with Crippen LogP contribution in [0.3, 0.4) is 0 Å². The predicted molar refractivity (Wildman–Crippen MR) is 52.7 cm³/mol. The van der Waals surface area contributed by atoms with Crippen molar-refractivity contribution >= 4 is 6.29 Å². The summed E-state index contributed by atoms with van der Waals surface area (Å²) >= 11 is 0. The Balaban J connectivity index is 2.68. The molecule has 2 unspecified atom stereocenters. The molecule has 1 aliphatic rings. The van der Waals surface area contributed by atoms with Gasteiger partial charge < -0.3 is 9.53 Å². The SMILES string of the molecule is CCC1(OC)CCCCC1CC=O. The van der Waals surface area contributed by atoms with Crippen LogP contribution in [0.15, 0.2) is 0 Å². The minimum absolute atomic E-state index is 0.000833. The molecule has 0 aliphatic heterocycles. The fraction of sp³-hybridized carbons (Fsp3) is 0.909. The van der Waals surface area contributed by atoms with Crippen molar-refractivity contribution in [2.45, 2.75) is 51.0 Å². The Hall–Kier alpha value is -0.370. The van der Waals surface area contributed by atoms with Gasteiger partial charge in [0, 0.05) is 13.5 Å². The van der Waals surface area contributed by atoms with Crippen LogP contribution in [-0.4, -0.2) is 19.0 Å². The zero-order valence-corrected chi connectivity index (χ0v) is 8.71. The molecule has 1 fully saturated rings. The van der Waals surface area contributed by atoms with Crippen molar-refractivity contribution in [2.75, 3.05) is 7.11 Å². The fourth-order valence-corrected chi connectivity index (χ4v) is 2.61. The van der Waals surface area contributed by atoms with Crippen LogP contribution < -0.4 is 0 Å². The maximum atomic E-state index is 10.5. The lowest BCUT2D eigenvalue weighted by Gasteiger charge is -2.42. The second-order valence-corrected chi connectivity index (χ2v) is 3.97. The van der Waals surface area contributed by atoms with E-state index in [1.165, 1.54) is 12.8 Å². The topological polar surface area (TPSA) is 26.3 Å². The minimum Gasteiger partial charge on any atom is -0.378 e. The summed E-state index contributed by atoms with van der Waals surface area (Å²) in [6, 6.07) is 0. The van der Waals surface area contributed by atoms with Gasteiger partial charge in [0.05, 0.1) is 5.60 Å². The van der Waals surface area contributed by atoms with Gasteiger partial charge >= 0.3 is 0 Å². The molecule has 0 aromatic carbocycles. The van der Waals surface area contributed by atoms with Gasteiger partial charge in [0.2, 0.25) is 0 Å². The predicted octanol–water partition coefficient (Wildman–Crippen LogP) is 2.56. The lowest BCUT2D eigenvalue weighted by atomic mass is 9.72. The standard InChI is InChI=1S/C11H20O2/c1-3-11(13-2)8-5-4-6-10(11)7-9-12/h9-10H,3-8H2,1-2H3. The van der Waals surface area contributed by atoms with E-state index in [0.29, 0.717) is 12.3 Å². The summed E-state index contributed by atoms with van der Waals surface area (Å²) in [7, 11) is 1.78. The number of ether oxygens (including phenoxy) is 1. The zero-order valence-electron chi connectivity index (χ0n) is 8.71. The van der Waals surface area contributed by atoms with Crippen molar-refractivity contribution in [3.8, 4) is 0 Å². The van der Waals surface area contributed by atoms with Crippen LogP contribution >= 0.6 is 0 Å². The van der Waals surface area contributed by atoms with Crippen LogP contribution in [0.25, 0.3) is 0 Å². The van der Waals surface area contributed by atoms with E-state index in [0.717, 1.165) is 25.5 Å². The molecule has 2 nitrogen and oxygen atoms in total. The lowest BCUT2D eigenvalue weighted by Crippen LogP contribution is -2.42. The maximum absolute atomic E-state index is 10.5. The molecule has 0 aromatic heterocycles. The number of aldehydes is 1. The molecule has 0 bridgehead atoms. The Morgan fingerprint density at radius 2 is 2.31 bits per heavy atom. The van der Waals surface area contributed by atoms with Gasteiger partial charge in [-0.15, -0.1) is 0 Å². The molecule has 76 valence electrons. The number of methoxy groups -OCH3 is 1. The summed E-state index contributed by atoms with van der Waals surface area (Å²) < 4.78 is 5.63. The van der Waals surface area contributed by atoms with E-state index < -0.39 is 0 Å². The van der Waals surface area contributed by atoms with Gasteiger partial charge in [-0.05, 0) is 25.2 Å². The average Bonchev–Trinajstić information content (AvgIpc) is 2.20. The van der Waals surface area contributed by atoms with Crippen molar-refractivity contribution in [1.29, 1.82) is 0 Å². The first-order valence-corrected chi connectivity index (χ1v) is 5.28. The Kier molecular flexibility index (Phi) is 3.91. The summed E-state index contributed by atoms with van der Waals surface area (Å²) in [5, 5.41) is 0. The molecular formula is C11H20O2. The average molecular weight is 184 g/mol. The minimum atomic E-state index is -0.000833. The van der Waals surface area contributed by atoms with E-state index in [-0.39, 0.29) is 5.60 Å². The first kappa shape index (κ1) is 10.7. The lowest BCUT2D eigenvalue weighted by molar-refractivity contribution is -0.117. The molecule has 0 aromatic rings. The van der Waals surface area contributed by atoms with Crippen LogP contribution in [0.5, 0.6) is 0 Å². The van der Waals surface area contributed by atoms with E-state index in [1.54, 1.807) is 7.11 Å². The third kappa shape index (κ3) is 2.11. The quantitative estimate of drug-likeness (QED) is 0.628. The molecule has 0 spiro atoms. The molecule has 2 atom stereocenters. The number of carbonyl (C=O) groups is 1. The van der Waals surface area contributed by atoms with Gasteiger partial charge in [0.15, 0.2) is 0 Å². The van der Waals surface area contributed by atoms with Crippen molar-refractivity contribution in [2.24, 2.45) is 5.92 Å². The van der Waals surface area contributed by atoms with E-state index in [9.17, 15) is 4.79 Å². The molecule has 0 amide bonds. The second-order valence-electron chi connectivity index (χ2n) is 3.97. The van der Waals surface area contributed by atoms with E-state index in [1.807, 2.05) is 0 Å². The molecular weight excluding hydrogens is 164 g/mol. The van der Waals surface area contributed by atoms with Crippen LogP contribution in [0.2, 0.25) is 0 Å². The van der Waals surface area contributed by atoms with Gasteiger partial charge in [-0.1, -0.05) is 19.8 Å². The zero-order chi connectivity index (χ0) is 9.73. The summed E-state index contributed by atoms with van der Waals surface area (Å²) in [6.45, 7) is 2.16. The second kappa shape index (κ2) is 4.75. The molecule has 2 heteroatoms. The van der Waals surface area contributed by atoms with Crippen LogP contribution in [0.1, 0.15) is 45.4 Å². The third-order valence-corrected chi connectivity index (χ3v) is 3.53. The Morgan fingerprint density at radius 1 is 1.54 bits per heavy atom. The highest BCUT2D eigenvalue weighted by Crippen LogP contribution is 2.40. The summed E-state index contributed by atoms with van der Waals surface area (Å²) in [5.41, 5.74) is -0.000833. The van der Waals surface area contributed by atoms with Crippen molar-refractivity contribution in [3.63, 3.8) is 0 Å². The molecule has 0 saturated heterocycles. The van der Waals surface area contributed by atoms with Crippen LogP contribution in [0.4, 0.5) is 0 Å². The monoisotopic (exact) mass is 184 g/mol. The Bertz CT molecular complexity index is 161. The Labute approximate surface area is 80.7 Å². The molecule has 0 radical (unpaired) electrons. The van der Waals surface area contributed by atoms with E-state index in [2.05, 4.69) is 6.92 Å². The third-order valence-electron chi connectivity index (χ3n) is 3.53. The largest absolute Gasteiger partial charge is 0.378 e. The van der Waals surface area contributed by atoms with Crippen molar-refractivity contribution in [3.05, 3.63) is 0 Å². The van der Waals surface area contributed by atoms with Crippen LogP contribution in [0, 0.1) is 5.92 Å². The number of carbonyl (C=O) groups excluding carboxylic acids is 1. The highest BCUT2D eigenvalue weighted by Gasteiger charge is 2.38. The van der Waals surface area contributed by atoms with Gasteiger partial charge in [0.25, 0.3) is 0 Å². The smallest absolute Gasteiger partial charge is 0.120 e. The maximum Gasteiger partial charge on any atom is 0.120 e. The van der Waals surface area contributed by atoms with E-state index in [4.69, 9.17) is 4.74 Å². The Morgan fingerprint density at radius 3 is 2.85 bits per heavy atom. The molecule has 0 N–H and O–H groups in total.